The van der Waals surface area contributed by atoms with Crippen molar-refractivity contribution >= 4 is 5.97 Å². The minimum absolute atomic E-state index is 0.263. The zero-order valence-electron chi connectivity index (χ0n) is 9.15. The Morgan fingerprint density at radius 1 is 1.19 bits per heavy atom. The summed E-state index contributed by atoms with van der Waals surface area (Å²) in [6.45, 7) is 3.44. The lowest BCUT2D eigenvalue weighted by Crippen LogP contribution is -1.98. The topological polar surface area (TPSA) is 50.4 Å². The van der Waals surface area contributed by atoms with Gasteiger partial charge < -0.3 is 9.52 Å². The van der Waals surface area contributed by atoms with Crippen LogP contribution in [-0.2, 0) is 0 Å². The lowest BCUT2D eigenvalue weighted by Gasteiger charge is -1.97. The third-order valence-electron chi connectivity index (χ3n) is 2.57. The fraction of sp³-hybridized carbons (Fsp3) is 0.154. The summed E-state index contributed by atoms with van der Waals surface area (Å²) in [6.07, 6.45) is 0. The SMILES string of the molecule is Cc1oc(-c2ccccc2)c(C)c1C(=O)O. The maximum atomic E-state index is 11.0. The van der Waals surface area contributed by atoms with Gasteiger partial charge in [-0.15, -0.1) is 0 Å². The van der Waals surface area contributed by atoms with E-state index in [0.717, 1.165) is 5.56 Å². The molecule has 2 aromatic rings. The van der Waals surface area contributed by atoms with Crippen LogP contribution in [0.3, 0.4) is 0 Å². The van der Waals surface area contributed by atoms with Gasteiger partial charge in [0.15, 0.2) is 0 Å². The molecule has 3 heteroatoms. The Morgan fingerprint density at radius 2 is 1.81 bits per heavy atom. The summed E-state index contributed by atoms with van der Waals surface area (Å²) in [5.74, 6) is 0.139. The van der Waals surface area contributed by atoms with E-state index in [1.807, 2.05) is 30.3 Å². The molecule has 0 fully saturated rings. The highest BCUT2D eigenvalue weighted by atomic mass is 16.4. The number of carbonyl (C=O) groups is 1. The lowest BCUT2D eigenvalue weighted by molar-refractivity contribution is 0.0694. The molecule has 16 heavy (non-hydrogen) atoms. The van der Waals surface area contributed by atoms with E-state index in [9.17, 15) is 4.79 Å². The molecule has 1 aromatic heterocycles. The molecule has 0 aliphatic carbocycles. The van der Waals surface area contributed by atoms with Crippen LogP contribution in [0.2, 0.25) is 0 Å². The van der Waals surface area contributed by atoms with E-state index in [1.165, 1.54) is 0 Å². The molecular formula is C13H12O3. The molecule has 2 rings (SSSR count). The molecule has 0 spiro atoms. The Bertz CT molecular complexity index is 524. The van der Waals surface area contributed by atoms with Gasteiger partial charge in [-0.1, -0.05) is 30.3 Å². The normalized spacial score (nSPS) is 10.4. The zero-order valence-corrected chi connectivity index (χ0v) is 9.15. The summed E-state index contributed by atoms with van der Waals surface area (Å²) in [5, 5.41) is 9.05. The molecular weight excluding hydrogens is 204 g/mol. The molecule has 0 saturated carbocycles. The Morgan fingerprint density at radius 3 is 2.31 bits per heavy atom. The van der Waals surface area contributed by atoms with Crippen LogP contribution in [0.1, 0.15) is 21.7 Å². The Balaban J connectivity index is 2.61. The van der Waals surface area contributed by atoms with E-state index in [-0.39, 0.29) is 5.56 Å². The van der Waals surface area contributed by atoms with Crippen molar-refractivity contribution in [3.63, 3.8) is 0 Å². The first kappa shape index (κ1) is 10.5. The molecule has 0 amide bonds. The van der Waals surface area contributed by atoms with Crippen LogP contribution in [0.5, 0.6) is 0 Å². The van der Waals surface area contributed by atoms with Crippen LogP contribution < -0.4 is 0 Å². The number of benzene rings is 1. The quantitative estimate of drug-likeness (QED) is 0.838. The maximum Gasteiger partial charge on any atom is 0.339 e. The van der Waals surface area contributed by atoms with Gasteiger partial charge in [-0.05, 0) is 13.8 Å². The number of rotatable bonds is 2. The number of carboxylic acid groups (broad SMARTS) is 1. The van der Waals surface area contributed by atoms with Crippen LogP contribution in [0.4, 0.5) is 0 Å². The van der Waals surface area contributed by atoms with Crippen LogP contribution in [0.15, 0.2) is 34.7 Å². The number of hydrogen-bond donors (Lipinski definition) is 1. The van der Waals surface area contributed by atoms with E-state index < -0.39 is 5.97 Å². The first-order valence-corrected chi connectivity index (χ1v) is 5.00. The average molecular weight is 216 g/mol. The first-order chi connectivity index (χ1) is 7.61. The highest BCUT2D eigenvalue weighted by molar-refractivity contribution is 5.92. The highest BCUT2D eigenvalue weighted by Gasteiger charge is 2.20. The smallest absolute Gasteiger partial charge is 0.339 e. The summed E-state index contributed by atoms with van der Waals surface area (Å²) in [5.41, 5.74) is 1.84. The predicted molar refractivity (Wildman–Crippen MR) is 60.6 cm³/mol. The van der Waals surface area contributed by atoms with Gasteiger partial charge in [-0.2, -0.15) is 0 Å². The second kappa shape index (κ2) is 3.85. The van der Waals surface area contributed by atoms with Crippen molar-refractivity contribution in [2.75, 3.05) is 0 Å². The Labute approximate surface area is 93.3 Å². The molecule has 3 nitrogen and oxygen atoms in total. The summed E-state index contributed by atoms with van der Waals surface area (Å²) < 4.78 is 5.51. The summed E-state index contributed by atoms with van der Waals surface area (Å²) >= 11 is 0. The van der Waals surface area contributed by atoms with Gasteiger partial charge in [0.25, 0.3) is 0 Å². The summed E-state index contributed by atoms with van der Waals surface area (Å²) in [6, 6.07) is 9.50. The van der Waals surface area contributed by atoms with Crippen LogP contribution in [0.25, 0.3) is 11.3 Å². The van der Waals surface area contributed by atoms with Gasteiger partial charge in [0, 0.05) is 11.1 Å². The standard InChI is InChI=1S/C13H12O3/c1-8-11(13(14)15)9(2)16-12(8)10-6-4-3-5-7-10/h3-7H,1-2H3,(H,14,15). The number of aromatic carboxylic acids is 1. The highest BCUT2D eigenvalue weighted by Crippen LogP contribution is 2.30. The Kier molecular flexibility index (Phi) is 2.52. The average Bonchev–Trinajstić information content (AvgIpc) is 2.55. The second-order valence-electron chi connectivity index (χ2n) is 3.66. The number of carboxylic acids is 1. The largest absolute Gasteiger partial charge is 0.478 e. The molecule has 1 N–H and O–H groups in total. The van der Waals surface area contributed by atoms with Gasteiger partial charge in [-0.3, -0.25) is 0 Å². The molecule has 1 heterocycles. The molecule has 0 atom stereocenters. The van der Waals surface area contributed by atoms with Gasteiger partial charge in [-0.25, -0.2) is 4.79 Å². The third-order valence-corrected chi connectivity index (χ3v) is 2.57. The van der Waals surface area contributed by atoms with Crippen molar-refractivity contribution in [3.05, 3.63) is 47.2 Å². The second-order valence-corrected chi connectivity index (χ2v) is 3.66. The minimum Gasteiger partial charge on any atom is -0.478 e. The van der Waals surface area contributed by atoms with Gasteiger partial charge in [0.1, 0.15) is 17.1 Å². The van der Waals surface area contributed by atoms with Crippen molar-refractivity contribution in [3.8, 4) is 11.3 Å². The molecule has 1 aromatic carbocycles. The molecule has 0 unspecified atom stereocenters. The van der Waals surface area contributed by atoms with Crippen molar-refractivity contribution in [1.29, 1.82) is 0 Å². The first-order valence-electron chi connectivity index (χ1n) is 5.00. The zero-order chi connectivity index (χ0) is 11.7. The molecule has 82 valence electrons. The molecule has 0 radical (unpaired) electrons. The fourth-order valence-electron chi connectivity index (χ4n) is 1.83. The van der Waals surface area contributed by atoms with E-state index in [4.69, 9.17) is 9.52 Å². The van der Waals surface area contributed by atoms with E-state index in [1.54, 1.807) is 13.8 Å². The summed E-state index contributed by atoms with van der Waals surface area (Å²) in [7, 11) is 0. The fourth-order valence-corrected chi connectivity index (χ4v) is 1.83. The maximum absolute atomic E-state index is 11.0. The van der Waals surface area contributed by atoms with E-state index in [2.05, 4.69) is 0 Å². The molecule has 0 bridgehead atoms. The van der Waals surface area contributed by atoms with Crippen molar-refractivity contribution in [1.82, 2.24) is 0 Å². The number of aryl methyl sites for hydroxylation is 1. The predicted octanol–water partition coefficient (Wildman–Crippen LogP) is 3.26. The van der Waals surface area contributed by atoms with E-state index in [0.29, 0.717) is 17.1 Å². The van der Waals surface area contributed by atoms with Gasteiger partial charge in [0.05, 0.1) is 0 Å². The van der Waals surface area contributed by atoms with E-state index >= 15 is 0 Å². The molecule has 0 aliphatic rings. The van der Waals surface area contributed by atoms with Crippen LogP contribution >= 0.6 is 0 Å². The van der Waals surface area contributed by atoms with Crippen molar-refractivity contribution in [2.45, 2.75) is 13.8 Å². The third kappa shape index (κ3) is 1.60. The molecule has 0 aliphatic heterocycles. The monoisotopic (exact) mass is 216 g/mol. The lowest BCUT2D eigenvalue weighted by atomic mass is 10.1. The number of furan rings is 1. The molecule has 0 saturated heterocycles. The van der Waals surface area contributed by atoms with Gasteiger partial charge in [0.2, 0.25) is 0 Å². The Hall–Kier alpha value is -2.03. The van der Waals surface area contributed by atoms with Gasteiger partial charge >= 0.3 is 5.97 Å². The van der Waals surface area contributed by atoms with Crippen LogP contribution in [-0.4, -0.2) is 11.1 Å². The summed E-state index contributed by atoms with van der Waals surface area (Å²) in [4.78, 5) is 11.0. The number of hydrogen-bond acceptors (Lipinski definition) is 2. The minimum atomic E-state index is -0.944. The van der Waals surface area contributed by atoms with Crippen molar-refractivity contribution in [2.24, 2.45) is 0 Å². The van der Waals surface area contributed by atoms with Crippen LogP contribution in [0, 0.1) is 13.8 Å². The van der Waals surface area contributed by atoms with Crippen molar-refractivity contribution < 1.29 is 14.3 Å².